The Kier molecular flexibility index (Phi) is 4.25. The first kappa shape index (κ1) is 13.5. The van der Waals surface area contributed by atoms with E-state index < -0.39 is 16.7 Å². The quantitative estimate of drug-likeness (QED) is 0.349. The predicted molar refractivity (Wildman–Crippen MR) is 59.4 cm³/mol. The summed E-state index contributed by atoms with van der Waals surface area (Å²) in [6, 6.07) is 3.82. The van der Waals surface area contributed by atoms with Crippen LogP contribution < -0.4 is 0 Å². The number of nitro groups is 1. The molecule has 0 heterocycles. The molecule has 0 atom stereocenters. The van der Waals surface area contributed by atoms with Crippen molar-refractivity contribution in [2.45, 2.75) is 12.8 Å². The highest BCUT2D eigenvalue weighted by molar-refractivity contribution is 6.32. The van der Waals surface area contributed by atoms with Crippen molar-refractivity contribution < 1.29 is 24.4 Å². The minimum absolute atomic E-state index is 0.0970. The van der Waals surface area contributed by atoms with Crippen molar-refractivity contribution in [1.82, 2.24) is 0 Å². The van der Waals surface area contributed by atoms with E-state index in [1.807, 2.05) is 0 Å². The van der Waals surface area contributed by atoms with Crippen molar-refractivity contribution in [2.24, 2.45) is 0 Å². The molecule has 1 aromatic rings. The lowest BCUT2D eigenvalue weighted by molar-refractivity contribution is -0.385. The Morgan fingerprint density at radius 2 is 2.06 bits per heavy atom. The van der Waals surface area contributed by atoms with Gasteiger partial charge in [-0.1, -0.05) is 6.07 Å². The summed E-state index contributed by atoms with van der Waals surface area (Å²) in [6.45, 7) is 0. The van der Waals surface area contributed by atoms with E-state index in [0.717, 1.165) is 6.07 Å². The topological polar surface area (TPSA) is 115 Å². The summed E-state index contributed by atoms with van der Waals surface area (Å²) in [6.07, 6.45) is 0.246. The fourth-order valence-electron chi connectivity index (χ4n) is 1.38. The molecule has 0 radical (unpaired) electrons. The highest BCUT2D eigenvalue weighted by Gasteiger charge is 2.15. The van der Waals surface area contributed by atoms with Crippen molar-refractivity contribution in [3.8, 4) is 0 Å². The molecule has 0 amide bonds. The van der Waals surface area contributed by atoms with E-state index >= 15 is 0 Å². The average molecular weight is 251 g/mol. The number of carbonyl (C=O) groups excluding carboxylic acids is 2. The highest BCUT2D eigenvalue weighted by atomic mass is 16.6. The normalized spacial score (nSPS) is 9.78. The molecule has 0 aliphatic rings. The first-order valence-electron chi connectivity index (χ1n) is 4.94. The second-order valence-corrected chi connectivity index (χ2v) is 3.50. The van der Waals surface area contributed by atoms with Gasteiger partial charge in [-0.25, -0.2) is 4.79 Å². The Morgan fingerprint density at radius 3 is 2.56 bits per heavy atom. The van der Waals surface area contributed by atoms with Gasteiger partial charge in [0.2, 0.25) is 5.78 Å². The monoisotopic (exact) mass is 251 g/mol. The van der Waals surface area contributed by atoms with Crippen LogP contribution in [0.4, 0.5) is 5.69 Å². The van der Waals surface area contributed by atoms with Crippen molar-refractivity contribution in [3.63, 3.8) is 0 Å². The maximum atomic E-state index is 10.9. The lowest BCUT2D eigenvalue weighted by Crippen LogP contribution is -2.13. The second-order valence-electron chi connectivity index (χ2n) is 3.50. The van der Waals surface area contributed by atoms with Crippen LogP contribution in [0.2, 0.25) is 0 Å². The molecule has 18 heavy (non-hydrogen) atoms. The Hall–Kier alpha value is -2.57. The Labute approximate surface area is 101 Å². The van der Waals surface area contributed by atoms with E-state index in [4.69, 9.17) is 5.11 Å². The van der Waals surface area contributed by atoms with Crippen molar-refractivity contribution in [2.75, 3.05) is 0 Å². The first-order chi connectivity index (χ1) is 8.45. The number of hydrogen-bond acceptors (Lipinski definition) is 5. The van der Waals surface area contributed by atoms with Crippen molar-refractivity contribution in [3.05, 3.63) is 39.4 Å². The summed E-state index contributed by atoms with van der Waals surface area (Å²) < 4.78 is 0. The lowest BCUT2D eigenvalue weighted by atomic mass is 10.0. The molecule has 1 N–H and O–H groups in total. The number of benzene rings is 1. The van der Waals surface area contributed by atoms with Gasteiger partial charge in [-0.3, -0.25) is 19.7 Å². The molecule has 0 unspecified atom stereocenters. The van der Waals surface area contributed by atoms with Crippen LogP contribution in [0.3, 0.4) is 0 Å². The van der Waals surface area contributed by atoms with Gasteiger partial charge in [-0.2, -0.15) is 0 Å². The highest BCUT2D eigenvalue weighted by Crippen LogP contribution is 2.19. The van der Waals surface area contributed by atoms with Crippen LogP contribution in [-0.4, -0.2) is 28.1 Å². The number of aldehydes is 1. The maximum absolute atomic E-state index is 10.9. The fourth-order valence-corrected chi connectivity index (χ4v) is 1.38. The standard InChI is InChI=1S/C11H9NO6/c13-6-8-5-7(1-3-9(8)12(17)18)2-4-10(14)11(15)16/h1,3,5-6H,2,4H2,(H,15,16). The number of rotatable bonds is 6. The van der Waals surface area contributed by atoms with Crippen LogP contribution in [0.1, 0.15) is 22.3 Å². The number of Topliss-reactive ketones (excluding diaryl/α,β-unsaturated/α-hetero) is 1. The number of nitrogens with zero attached hydrogens (tertiary/aromatic N) is 1. The van der Waals surface area contributed by atoms with Crippen LogP contribution >= 0.6 is 0 Å². The molecular formula is C11H9NO6. The fraction of sp³-hybridized carbons (Fsp3) is 0.182. The summed E-state index contributed by atoms with van der Waals surface area (Å²) in [7, 11) is 0. The number of carboxylic acids is 1. The number of carbonyl (C=O) groups is 3. The largest absolute Gasteiger partial charge is 0.476 e. The van der Waals surface area contributed by atoms with Crippen molar-refractivity contribution in [1.29, 1.82) is 0 Å². The molecule has 1 aromatic carbocycles. The second kappa shape index (κ2) is 5.67. The Balaban J connectivity index is 2.86. The minimum Gasteiger partial charge on any atom is -0.476 e. The zero-order valence-corrected chi connectivity index (χ0v) is 9.16. The predicted octanol–water partition coefficient (Wildman–Crippen LogP) is 0.994. The maximum Gasteiger partial charge on any atom is 0.372 e. The van der Waals surface area contributed by atoms with Gasteiger partial charge in [0.05, 0.1) is 10.5 Å². The summed E-state index contributed by atoms with van der Waals surface area (Å²) in [5, 5.41) is 18.9. The van der Waals surface area contributed by atoms with Crippen LogP contribution in [-0.2, 0) is 16.0 Å². The molecule has 94 valence electrons. The molecule has 0 bridgehead atoms. The molecule has 0 spiro atoms. The van der Waals surface area contributed by atoms with Crippen LogP contribution in [0.15, 0.2) is 18.2 Å². The molecule has 0 saturated carbocycles. The van der Waals surface area contributed by atoms with Crippen LogP contribution in [0.5, 0.6) is 0 Å². The molecular weight excluding hydrogens is 242 g/mol. The van der Waals surface area contributed by atoms with E-state index in [-0.39, 0.29) is 24.1 Å². The molecule has 1 rings (SSSR count). The van der Waals surface area contributed by atoms with Gasteiger partial charge in [0.1, 0.15) is 0 Å². The lowest BCUT2D eigenvalue weighted by Gasteiger charge is -2.01. The van der Waals surface area contributed by atoms with E-state index in [9.17, 15) is 24.5 Å². The number of hydrogen-bond donors (Lipinski definition) is 1. The third-order valence-corrected chi connectivity index (χ3v) is 2.29. The van der Waals surface area contributed by atoms with Gasteiger partial charge in [0, 0.05) is 12.5 Å². The molecule has 7 nitrogen and oxygen atoms in total. The van der Waals surface area contributed by atoms with Crippen molar-refractivity contribution >= 4 is 23.7 Å². The average Bonchev–Trinajstić information content (AvgIpc) is 2.34. The summed E-state index contributed by atoms with van der Waals surface area (Å²) in [5.41, 5.74) is 0.0795. The SMILES string of the molecule is O=Cc1cc(CCC(=O)C(=O)O)ccc1[N+](=O)[O-]. The summed E-state index contributed by atoms with van der Waals surface area (Å²) in [5.74, 6) is -2.46. The molecule has 7 heteroatoms. The van der Waals surface area contributed by atoms with Gasteiger partial charge in [0.25, 0.3) is 5.69 Å². The zero-order chi connectivity index (χ0) is 13.7. The third kappa shape index (κ3) is 3.21. The molecule has 0 aliphatic heterocycles. The van der Waals surface area contributed by atoms with E-state index in [1.54, 1.807) is 0 Å². The van der Waals surface area contributed by atoms with Gasteiger partial charge in [0.15, 0.2) is 6.29 Å². The van der Waals surface area contributed by atoms with E-state index in [2.05, 4.69) is 0 Å². The number of nitro benzene ring substituents is 1. The van der Waals surface area contributed by atoms with E-state index in [0.29, 0.717) is 11.8 Å². The molecule has 0 fully saturated rings. The number of ketones is 1. The summed E-state index contributed by atoms with van der Waals surface area (Å²) in [4.78, 5) is 41.7. The zero-order valence-electron chi connectivity index (χ0n) is 9.16. The van der Waals surface area contributed by atoms with Gasteiger partial charge < -0.3 is 5.11 Å². The van der Waals surface area contributed by atoms with Gasteiger partial charge >= 0.3 is 5.97 Å². The van der Waals surface area contributed by atoms with Crippen LogP contribution in [0, 0.1) is 10.1 Å². The number of carboxylic acid groups (broad SMARTS) is 1. The minimum atomic E-state index is -1.52. The molecule has 0 aromatic heterocycles. The molecule has 0 saturated heterocycles. The van der Waals surface area contributed by atoms with Gasteiger partial charge in [-0.05, 0) is 18.1 Å². The smallest absolute Gasteiger partial charge is 0.372 e. The Morgan fingerprint density at radius 1 is 1.39 bits per heavy atom. The molecule has 0 aliphatic carbocycles. The Bertz CT molecular complexity index is 522. The first-order valence-corrected chi connectivity index (χ1v) is 4.94. The van der Waals surface area contributed by atoms with Gasteiger partial charge in [-0.15, -0.1) is 0 Å². The third-order valence-electron chi connectivity index (χ3n) is 2.29. The van der Waals surface area contributed by atoms with E-state index in [1.165, 1.54) is 12.1 Å². The number of aliphatic carboxylic acids is 1. The summed E-state index contributed by atoms with van der Waals surface area (Å²) >= 11 is 0. The number of aryl methyl sites for hydroxylation is 1. The van der Waals surface area contributed by atoms with Crippen LogP contribution in [0.25, 0.3) is 0 Å².